The zero-order valence-electron chi connectivity index (χ0n) is 9.15. The highest BCUT2D eigenvalue weighted by Crippen LogP contribution is 2.32. The van der Waals surface area contributed by atoms with Gasteiger partial charge in [0.2, 0.25) is 0 Å². The molecule has 0 atom stereocenters. The maximum Gasteiger partial charge on any atom is 0.335 e. The molecule has 1 saturated carbocycles. The molecule has 1 aromatic carbocycles. The van der Waals surface area contributed by atoms with Gasteiger partial charge in [-0.1, -0.05) is 12.1 Å². The van der Waals surface area contributed by atoms with Gasteiger partial charge < -0.3 is 5.11 Å². The van der Waals surface area contributed by atoms with E-state index in [4.69, 9.17) is 5.11 Å². The van der Waals surface area contributed by atoms with E-state index in [0.717, 1.165) is 31.1 Å². The molecule has 3 rings (SSSR count). The number of rotatable bonds is 2. The topological polar surface area (TPSA) is 40.5 Å². The summed E-state index contributed by atoms with van der Waals surface area (Å²) in [7, 11) is 0. The molecule has 0 radical (unpaired) electrons. The summed E-state index contributed by atoms with van der Waals surface area (Å²) >= 11 is 0. The van der Waals surface area contributed by atoms with Gasteiger partial charge in [0.25, 0.3) is 0 Å². The van der Waals surface area contributed by atoms with E-state index in [1.54, 1.807) is 6.07 Å². The van der Waals surface area contributed by atoms with Crippen LogP contribution < -0.4 is 0 Å². The molecule has 1 aromatic rings. The predicted molar refractivity (Wildman–Crippen MR) is 60.5 cm³/mol. The number of carbonyl (C=O) groups is 1. The summed E-state index contributed by atoms with van der Waals surface area (Å²) in [6.45, 7) is 1.95. The maximum absolute atomic E-state index is 11.1. The van der Waals surface area contributed by atoms with E-state index in [1.165, 1.54) is 18.4 Å². The van der Waals surface area contributed by atoms with Crippen LogP contribution in [-0.2, 0) is 13.0 Å². The van der Waals surface area contributed by atoms with Crippen LogP contribution >= 0.6 is 0 Å². The summed E-state index contributed by atoms with van der Waals surface area (Å²) in [5, 5.41) is 9.11. The summed E-state index contributed by atoms with van der Waals surface area (Å²) in [6.07, 6.45) is 3.51. The van der Waals surface area contributed by atoms with E-state index in [9.17, 15) is 4.79 Å². The molecule has 1 fully saturated rings. The zero-order chi connectivity index (χ0) is 11.1. The molecule has 0 saturated heterocycles. The van der Waals surface area contributed by atoms with Crippen molar-refractivity contribution in [3.63, 3.8) is 0 Å². The highest BCUT2D eigenvalue weighted by atomic mass is 16.4. The smallest absolute Gasteiger partial charge is 0.335 e. The van der Waals surface area contributed by atoms with Gasteiger partial charge in [-0.05, 0) is 36.5 Å². The number of aromatic carboxylic acids is 1. The first kappa shape index (κ1) is 9.85. The van der Waals surface area contributed by atoms with Gasteiger partial charge in [0, 0.05) is 19.1 Å². The molecule has 3 nitrogen and oxygen atoms in total. The minimum atomic E-state index is -0.795. The van der Waals surface area contributed by atoms with E-state index < -0.39 is 5.97 Å². The molecule has 0 unspecified atom stereocenters. The van der Waals surface area contributed by atoms with Gasteiger partial charge in [-0.2, -0.15) is 0 Å². The lowest BCUT2D eigenvalue weighted by Crippen LogP contribution is -2.33. The Morgan fingerprint density at radius 1 is 1.38 bits per heavy atom. The Morgan fingerprint density at radius 2 is 2.19 bits per heavy atom. The second kappa shape index (κ2) is 3.59. The minimum absolute atomic E-state index is 0.493. The summed E-state index contributed by atoms with van der Waals surface area (Å²) in [6, 6.07) is 6.41. The first-order valence-electron chi connectivity index (χ1n) is 5.84. The third-order valence-corrected chi connectivity index (χ3v) is 3.59. The van der Waals surface area contributed by atoms with Crippen molar-refractivity contribution in [1.82, 2.24) is 4.90 Å². The second-order valence-corrected chi connectivity index (χ2v) is 4.70. The van der Waals surface area contributed by atoms with E-state index >= 15 is 0 Å². The summed E-state index contributed by atoms with van der Waals surface area (Å²) in [4.78, 5) is 13.6. The molecule has 2 aliphatic rings. The van der Waals surface area contributed by atoms with Crippen molar-refractivity contribution in [2.45, 2.75) is 31.8 Å². The van der Waals surface area contributed by atoms with Crippen molar-refractivity contribution in [3.8, 4) is 0 Å². The molecule has 1 heterocycles. The summed E-state index contributed by atoms with van der Waals surface area (Å²) in [5.41, 5.74) is 2.75. The molecular weight excluding hydrogens is 202 g/mol. The highest BCUT2D eigenvalue weighted by molar-refractivity contribution is 5.89. The van der Waals surface area contributed by atoms with Crippen molar-refractivity contribution in [2.75, 3.05) is 6.54 Å². The van der Waals surface area contributed by atoms with Gasteiger partial charge in [-0.3, -0.25) is 4.90 Å². The maximum atomic E-state index is 11.1. The quantitative estimate of drug-likeness (QED) is 0.822. The van der Waals surface area contributed by atoms with Crippen molar-refractivity contribution in [1.29, 1.82) is 0 Å². The molecule has 1 N–H and O–H groups in total. The second-order valence-electron chi connectivity index (χ2n) is 4.70. The zero-order valence-corrected chi connectivity index (χ0v) is 9.15. The van der Waals surface area contributed by atoms with Crippen LogP contribution in [-0.4, -0.2) is 28.6 Å². The van der Waals surface area contributed by atoms with E-state index in [-0.39, 0.29) is 0 Å². The van der Waals surface area contributed by atoms with Gasteiger partial charge in [-0.25, -0.2) is 4.79 Å². The fourth-order valence-electron chi connectivity index (χ4n) is 2.58. The van der Waals surface area contributed by atoms with E-state index in [2.05, 4.69) is 11.0 Å². The number of carboxylic acid groups (broad SMARTS) is 1. The Morgan fingerprint density at radius 3 is 2.88 bits per heavy atom. The number of benzene rings is 1. The first-order valence-corrected chi connectivity index (χ1v) is 5.84. The molecule has 16 heavy (non-hydrogen) atoms. The van der Waals surface area contributed by atoms with Crippen molar-refractivity contribution in [3.05, 3.63) is 34.9 Å². The molecule has 0 spiro atoms. The minimum Gasteiger partial charge on any atom is -0.478 e. The van der Waals surface area contributed by atoms with Crippen molar-refractivity contribution < 1.29 is 9.90 Å². The third kappa shape index (κ3) is 1.61. The lowest BCUT2D eigenvalue weighted by atomic mass is 9.94. The average molecular weight is 217 g/mol. The van der Waals surface area contributed by atoms with Crippen LogP contribution in [0, 0.1) is 0 Å². The third-order valence-electron chi connectivity index (χ3n) is 3.59. The van der Waals surface area contributed by atoms with Crippen molar-refractivity contribution in [2.24, 2.45) is 0 Å². The molecule has 3 heteroatoms. The molecular formula is C13H15NO2. The predicted octanol–water partition coefficient (Wildman–Crippen LogP) is 1.91. The number of hydrogen-bond donors (Lipinski definition) is 1. The molecule has 0 amide bonds. The van der Waals surface area contributed by atoms with Gasteiger partial charge >= 0.3 is 5.97 Å². The van der Waals surface area contributed by atoms with Crippen LogP contribution in [0.25, 0.3) is 0 Å². The fraction of sp³-hybridized carbons (Fsp3) is 0.462. The largest absolute Gasteiger partial charge is 0.478 e. The normalized spacial score (nSPS) is 20.5. The molecule has 1 aliphatic carbocycles. The number of nitrogens with zero attached hydrogens (tertiary/aromatic N) is 1. The molecule has 84 valence electrons. The monoisotopic (exact) mass is 217 g/mol. The average Bonchev–Trinajstić information content (AvgIpc) is 3.11. The first-order chi connectivity index (χ1) is 7.75. The van der Waals surface area contributed by atoms with Crippen LogP contribution in [0.1, 0.15) is 34.3 Å². The Labute approximate surface area is 94.7 Å². The van der Waals surface area contributed by atoms with Gasteiger partial charge in [0.15, 0.2) is 0 Å². The fourth-order valence-corrected chi connectivity index (χ4v) is 2.58. The van der Waals surface area contributed by atoms with Crippen molar-refractivity contribution >= 4 is 5.97 Å². The van der Waals surface area contributed by atoms with Crippen LogP contribution in [0.3, 0.4) is 0 Å². The summed E-state index contributed by atoms with van der Waals surface area (Å²) < 4.78 is 0. The van der Waals surface area contributed by atoms with Crippen LogP contribution in [0.4, 0.5) is 0 Å². The van der Waals surface area contributed by atoms with Crippen LogP contribution in [0.15, 0.2) is 18.2 Å². The van der Waals surface area contributed by atoms with Gasteiger partial charge in [0.1, 0.15) is 0 Å². The Hall–Kier alpha value is -1.35. The van der Waals surface area contributed by atoms with Gasteiger partial charge in [-0.15, -0.1) is 0 Å². The lowest BCUT2D eigenvalue weighted by molar-refractivity contribution is 0.0694. The Kier molecular flexibility index (Phi) is 2.21. The highest BCUT2D eigenvalue weighted by Gasteiger charge is 2.32. The summed E-state index contributed by atoms with van der Waals surface area (Å²) in [5.74, 6) is -0.795. The SMILES string of the molecule is O=C(O)c1cccc2c1CCN(C1CC1)C2. The van der Waals surface area contributed by atoms with E-state index in [0.29, 0.717) is 5.56 Å². The molecule has 0 bridgehead atoms. The molecule has 1 aliphatic heterocycles. The van der Waals surface area contributed by atoms with Gasteiger partial charge in [0.05, 0.1) is 5.56 Å². The number of fused-ring (bicyclic) bond motifs is 1. The Balaban J connectivity index is 1.93. The molecule has 0 aromatic heterocycles. The lowest BCUT2D eigenvalue weighted by Gasteiger charge is -2.29. The number of hydrogen-bond acceptors (Lipinski definition) is 2. The standard InChI is InChI=1S/C13H15NO2/c15-13(16)12-3-1-2-9-8-14(10-4-5-10)7-6-11(9)12/h1-3,10H,4-8H2,(H,15,16). The van der Waals surface area contributed by atoms with E-state index in [1.807, 2.05) is 6.07 Å². The van der Waals surface area contributed by atoms with Crippen LogP contribution in [0.2, 0.25) is 0 Å². The van der Waals surface area contributed by atoms with Crippen LogP contribution in [0.5, 0.6) is 0 Å². The Bertz CT molecular complexity index is 438. The number of carboxylic acids is 1.